The summed E-state index contributed by atoms with van der Waals surface area (Å²) in [5.41, 5.74) is 1.22. The summed E-state index contributed by atoms with van der Waals surface area (Å²) in [6.45, 7) is 2.11. The van der Waals surface area contributed by atoms with Gasteiger partial charge < -0.3 is 0 Å². The average Bonchev–Trinajstić information content (AvgIpc) is 2.47. The maximum Gasteiger partial charge on any atom is 0.139 e. The number of hydrogen-bond donors (Lipinski definition) is 0. The molecule has 0 amide bonds. The van der Waals surface area contributed by atoms with Gasteiger partial charge in [0.15, 0.2) is 0 Å². The molecule has 0 aliphatic heterocycles. The van der Waals surface area contributed by atoms with Gasteiger partial charge in [-0.2, -0.15) is 0 Å². The first-order valence-corrected chi connectivity index (χ1v) is 5.95. The van der Waals surface area contributed by atoms with Crippen molar-refractivity contribution in [3.8, 4) is 0 Å². The third-order valence-corrected chi connectivity index (χ3v) is 3.17. The van der Waals surface area contributed by atoms with Gasteiger partial charge in [0.25, 0.3) is 0 Å². The van der Waals surface area contributed by atoms with Gasteiger partial charge in [0.2, 0.25) is 0 Å². The summed E-state index contributed by atoms with van der Waals surface area (Å²) in [5, 5.41) is 2.50. The summed E-state index contributed by atoms with van der Waals surface area (Å²) in [6.07, 6.45) is 3.08. The summed E-state index contributed by atoms with van der Waals surface area (Å²) >= 11 is 0. The molecule has 0 bridgehead atoms. The first kappa shape index (κ1) is 10.8. The molecule has 3 aromatic rings. The highest BCUT2D eigenvalue weighted by Gasteiger charge is 2.11. The van der Waals surface area contributed by atoms with E-state index in [-0.39, 0.29) is 5.92 Å². The lowest BCUT2D eigenvalue weighted by molar-refractivity contribution is 0.797. The van der Waals surface area contributed by atoms with Crippen LogP contribution in [0.3, 0.4) is 0 Å². The van der Waals surface area contributed by atoms with Crippen molar-refractivity contribution in [1.29, 1.82) is 0 Å². The van der Waals surface area contributed by atoms with Crippen LogP contribution in [0.25, 0.3) is 10.8 Å². The minimum atomic E-state index is 0.178. The Morgan fingerprint density at radius 1 is 0.889 bits per heavy atom. The van der Waals surface area contributed by atoms with E-state index in [4.69, 9.17) is 0 Å². The Labute approximate surface area is 106 Å². The summed E-state index contributed by atoms with van der Waals surface area (Å²) in [7, 11) is 0. The maximum atomic E-state index is 4.21. The van der Waals surface area contributed by atoms with Crippen molar-refractivity contribution in [2.24, 2.45) is 0 Å². The SMILES string of the molecule is CC(c1ccc2ccccc2c1)c1ncncn1. The van der Waals surface area contributed by atoms with E-state index in [2.05, 4.69) is 64.3 Å². The van der Waals surface area contributed by atoms with Gasteiger partial charge in [-0.25, -0.2) is 15.0 Å². The minimum Gasteiger partial charge on any atom is -0.225 e. The number of benzene rings is 2. The van der Waals surface area contributed by atoms with Crippen molar-refractivity contribution in [2.75, 3.05) is 0 Å². The first-order valence-electron chi connectivity index (χ1n) is 5.95. The summed E-state index contributed by atoms with van der Waals surface area (Å²) in [4.78, 5) is 12.3. The Morgan fingerprint density at radius 2 is 1.61 bits per heavy atom. The molecule has 0 fully saturated rings. The molecule has 3 nitrogen and oxygen atoms in total. The molecule has 0 aliphatic rings. The number of rotatable bonds is 2. The molecule has 18 heavy (non-hydrogen) atoms. The van der Waals surface area contributed by atoms with Gasteiger partial charge in [-0.05, 0) is 16.3 Å². The van der Waals surface area contributed by atoms with Crippen LogP contribution in [0.5, 0.6) is 0 Å². The summed E-state index contributed by atoms with van der Waals surface area (Å²) in [6, 6.07) is 14.8. The fourth-order valence-corrected chi connectivity index (χ4v) is 2.10. The predicted molar refractivity (Wildman–Crippen MR) is 71.3 cm³/mol. The molecule has 0 spiro atoms. The highest BCUT2D eigenvalue weighted by molar-refractivity contribution is 5.83. The van der Waals surface area contributed by atoms with E-state index in [9.17, 15) is 0 Å². The van der Waals surface area contributed by atoms with E-state index in [0.717, 1.165) is 5.82 Å². The van der Waals surface area contributed by atoms with Gasteiger partial charge in [0, 0.05) is 5.92 Å². The molecule has 0 N–H and O–H groups in total. The van der Waals surface area contributed by atoms with E-state index >= 15 is 0 Å². The number of fused-ring (bicyclic) bond motifs is 1. The molecule has 1 unspecified atom stereocenters. The largest absolute Gasteiger partial charge is 0.225 e. The summed E-state index contributed by atoms with van der Waals surface area (Å²) < 4.78 is 0. The second-order valence-electron chi connectivity index (χ2n) is 4.32. The molecule has 3 heteroatoms. The van der Waals surface area contributed by atoms with Gasteiger partial charge in [-0.1, -0.05) is 49.4 Å². The van der Waals surface area contributed by atoms with E-state index in [1.807, 2.05) is 0 Å². The third-order valence-electron chi connectivity index (χ3n) is 3.17. The lowest BCUT2D eigenvalue weighted by Gasteiger charge is -2.10. The monoisotopic (exact) mass is 235 g/mol. The maximum absolute atomic E-state index is 4.21. The highest BCUT2D eigenvalue weighted by Crippen LogP contribution is 2.24. The molecule has 88 valence electrons. The van der Waals surface area contributed by atoms with Crippen LogP contribution in [0.4, 0.5) is 0 Å². The van der Waals surface area contributed by atoms with Crippen LogP contribution in [-0.4, -0.2) is 15.0 Å². The predicted octanol–water partition coefficient (Wildman–Crippen LogP) is 3.18. The van der Waals surface area contributed by atoms with Gasteiger partial charge >= 0.3 is 0 Å². The van der Waals surface area contributed by atoms with E-state index < -0.39 is 0 Å². The zero-order chi connectivity index (χ0) is 12.4. The van der Waals surface area contributed by atoms with Crippen molar-refractivity contribution in [3.63, 3.8) is 0 Å². The molecule has 2 aromatic carbocycles. The molecule has 1 atom stereocenters. The number of aromatic nitrogens is 3. The minimum absolute atomic E-state index is 0.178. The third kappa shape index (κ3) is 1.95. The second kappa shape index (κ2) is 4.53. The van der Waals surface area contributed by atoms with Gasteiger partial charge in [-0.3, -0.25) is 0 Å². The number of nitrogens with zero attached hydrogens (tertiary/aromatic N) is 3. The van der Waals surface area contributed by atoms with E-state index in [1.54, 1.807) is 12.7 Å². The van der Waals surface area contributed by atoms with Gasteiger partial charge in [-0.15, -0.1) is 0 Å². The van der Waals surface area contributed by atoms with Crippen molar-refractivity contribution >= 4 is 10.8 Å². The van der Waals surface area contributed by atoms with Crippen LogP contribution in [0.2, 0.25) is 0 Å². The van der Waals surface area contributed by atoms with Crippen molar-refractivity contribution in [2.45, 2.75) is 12.8 Å². The Hall–Kier alpha value is -2.29. The van der Waals surface area contributed by atoms with E-state index in [0.29, 0.717) is 0 Å². The molecule has 0 radical (unpaired) electrons. The van der Waals surface area contributed by atoms with Crippen LogP contribution >= 0.6 is 0 Å². The second-order valence-corrected chi connectivity index (χ2v) is 4.32. The molecule has 3 rings (SSSR count). The molecule has 0 aliphatic carbocycles. The van der Waals surface area contributed by atoms with Crippen LogP contribution in [0.15, 0.2) is 55.1 Å². The van der Waals surface area contributed by atoms with Crippen LogP contribution < -0.4 is 0 Å². The fourth-order valence-electron chi connectivity index (χ4n) is 2.10. The molecule has 1 aromatic heterocycles. The van der Waals surface area contributed by atoms with E-state index in [1.165, 1.54) is 16.3 Å². The topological polar surface area (TPSA) is 38.7 Å². The van der Waals surface area contributed by atoms with Crippen molar-refractivity contribution < 1.29 is 0 Å². The molecular weight excluding hydrogens is 222 g/mol. The van der Waals surface area contributed by atoms with Crippen molar-refractivity contribution in [1.82, 2.24) is 15.0 Å². The highest BCUT2D eigenvalue weighted by atomic mass is 15.0. The van der Waals surface area contributed by atoms with Crippen LogP contribution in [0.1, 0.15) is 24.2 Å². The normalized spacial score (nSPS) is 12.5. The Bertz CT molecular complexity index is 665. The zero-order valence-corrected chi connectivity index (χ0v) is 10.1. The standard InChI is InChI=1S/C15H13N3/c1-11(15-17-9-16-10-18-15)13-7-6-12-4-2-3-5-14(12)8-13/h2-11H,1H3. The van der Waals surface area contributed by atoms with Crippen LogP contribution in [-0.2, 0) is 0 Å². The number of hydrogen-bond acceptors (Lipinski definition) is 3. The zero-order valence-electron chi connectivity index (χ0n) is 10.1. The Balaban J connectivity index is 2.04. The molecule has 1 heterocycles. The lowest BCUT2D eigenvalue weighted by Crippen LogP contribution is -2.02. The smallest absolute Gasteiger partial charge is 0.139 e. The average molecular weight is 235 g/mol. The first-order chi connectivity index (χ1) is 8.84. The van der Waals surface area contributed by atoms with Gasteiger partial charge in [0.1, 0.15) is 18.5 Å². The molecule has 0 saturated carbocycles. The Kier molecular flexibility index (Phi) is 2.73. The molecule has 0 saturated heterocycles. The fraction of sp³-hybridized carbons (Fsp3) is 0.133. The Morgan fingerprint density at radius 3 is 2.39 bits per heavy atom. The lowest BCUT2D eigenvalue weighted by atomic mass is 9.97. The van der Waals surface area contributed by atoms with Crippen LogP contribution in [0, 0.1) is 0 Å². The van der Waals surface area contributed by atoms with Crippen molar-refractivity contribution in [3.05, 3.63) is 66.5 Å². The molecular formula is C15H13N3. The van der Waals surface area contributed by atoms with Gasteiger partial charge in [0.05, 0.1) is 0 Å². The summed E-state index contributed by atoms with van der Waals surface area (Å²) in [5.74, 6) is 0.984. The quantitative estimate of drug-likeness (QED) is 0.684.